The van der Waals surface area contributed by atoms with Gasteiger partial charge in [0.25, 0.3) is 5.91 Å². The van der Waals surface area contributed by atoms with Gasteiger partial charge in [-0.2, -0.15) is 5.10 Å². The molecule has 2 amide bonds. The van der Waals surface area contributed by atoms with E-state index >= 15 is 0 Å². The van der Waals surface area contributed by atoms with Crippen molar-refractivity contribution in [1.82, 2.24) is 9.78 Å². The third kappa shape index (κ3) is 5.70. The zero-order valence-corrected chi connectivity index (χ0v) is 18.7. The Morgan fingerprint density at radius 2 is 1.79 bits per heavy atom. The van der Waals surface area contributed by atoms with Crippen LogP contribution in [0.25, 0.3) is 10.9 Å². The molecule has 0 radical (unpaired) electrons. The molecular formula is C25H25N5O4. The number of rotatable bonds is 8. The van der Waals surface area contributed by atoms with Crippen LogP contribution in [0.1, 0.15) is 15.9 Å². The van der Waals surface area contributed by atoms with Crippen LogP contribution >= 0.6 is 0 Å². The molecule has 1 aromatic heterocycles. The van der Waals surface area contributed by atoms with Crippen molar-refractivity contribution < 1.29 is 19.1 Å². The summed E-state index contributed by atoms with van der Waals surface area (Å²) in [5.74, 6) is -0.227. The lowest BCUT2D eigenvalue weighted by Gasteiger charge is -2.08. The minimum Gasteiger partial charge on any atom is -0.447 e. The number of methoxy groups -OCH3 is 1. The van der Waals surface area contributed by atoms with Gasteiger partial charge in [0.2, 0.25) is 0 Å². The summed E-state index contributed by atoms with van der Waals surface area (Å²) < 4.78 is 11.7. The van der Waals surface area contributed by atoms with Crippen molar-refractivity contribution in [3.05, 3.63) is 84.1 Å². The van der Waals surface area contributed by atoms with E-state index < -0.39 is 6.09 Å². The first kappa shape index (κ1) is 22.8. The van der Waals surface area contributed by atoms with Crippen molar-refractivity contribution in [2.75, 3.05) is 36.7 Å². The first-order valence-electron chi connectivity index (χ1n) is 10.7. The summed E-state index contributed by atoms with van der Waals surface area (Å²) in [6, 6.07) is 19.9. The van der Waals surface area contributed by atoms with E-state index in [0.29, 0.717) is 35.8 Å². The van der Waals surface area contributed by atoms with Gasteiger partial charge in [0.1, 0.15) is 6.61 Å². The molecule has 0 aliphatic heterocycles. The number of aromatic nitrogens is 2. The number of hydrogen-bond donors (Lipinski definition) is 3. The smallest absolute Gasteiger partial charge is 0.411 e. The van der Waals surface area contributed by atoms with E-state index in [9.17, 15) is 9.59 Å². The topological polar surface area (TPSA) is 120 Å². The summed E-state index contributed by atoms with van der Waals surface area (Å²) in [4.78, 5) is 24.3. The number of nitrogens with zero attached hydrogens (tertiary/aromatic N) is 2. The number of ether oxygens (including phenoxy) is 2. The highest BCUT2D eigenvalue weighted by Crippen LogP contribution is 2.20. The average molecular weight is 460 g/mol. The zero-order chi connectivity index (χ0) is 23.9. The first-order chi connectivity index (χ1) is 16.5. The van der Waals surface area contributed by atoms with Crippen LogP contribution in [0.4, 0.5) is 21.9 Å². The Bertz CT molecular complexity index is 1300. The van der Waals surface area contributed by atoms with Crippen molar-refractivity contribution in [3.63, 3.8) is 0 Å². The van der Waals surface area contributed by atoms with Crippen LogP contribution in [-0.2, 0) is 16.0 Å². The van der Waals surface area contributed by atoms with Crippen LogP contribution in [-0.4, -0.2) is 42.1 Å². The summed E-state index contributed by atoms with van der Waals surface area (Å²) in [5.41, 5.74) is 9.92. The molecule has 0 unspecified atom stereocenters. The molecule has 0 saturated carbocycles. The fourth-order valence-corrected chi connectivity index (χ4v) is 3.36. The fourth-order valence-electron chi connectivity index (χ4n) is 3.36. The average Bonchev–Trinajstić information content (AvgIpc) is 3.22. The maximum Gasteiger partial charge on any atom is 0.411 e. The fraction of sp³-hybridized carbons (Fsp3) is 0.160. The van der Waals surface area contributed by atoms with Gasteiger partial charge in [0.05, 0.1) is 30.0 Å². The SMILES string of the molecule is COCCOC(=O)Nc1ccc2nn(Cc3ccc(C(=O)Nc4ccccc4N)cc3)cc2c1. The van der Waals surface area contributed by atoms with Crippen LogP contribution in [0.3, 0.4) is 0 Å². The van der Waals surface area contributed by atoms with E-state index in [2.05, 4.69) is 15.7 Å². The van der Waals surface area contributed by atoms with Crippen molar-refractivity contribution >= 4 is 40.0 Å². The van der Waals surface area contributed by atoms with Gasteiger partial charge in [-0.15, -0.1) is 0 Å². The third-order valence-corrected chi connectivity index (χ3v) is 5.09. The van der Waals surface area contributed by atoms with Crippen molar-refractivity contribution in [2.24, 2.45) is 0 Å². The van der Waals surface area contributed by atoms with Gasteiger partial charge in [-0.05, 0) is 48.0 Å². The highest BCUT2D eigenvalue weighted by molar-refractivity contribution is 6.05. The number of nitrogens with two attached hydrogens (primary N) is 1. The van der Waals surface area contributed by atoms with E-state index in [0.717, 1.165) is 16.5 Å². The number of hydrogen-bond acceptors (Lipinski definition) is 6. The molecule has 4 aromatic rings. The number of fused-ring (bicyclic) bond motifs is 1. The molecule has 0 fully saturated rings. The number of amides is 2. The van der Waals surface area contributed by atoms with E-state index in [4.69, 9.17) is 15.2 Å². The molecule has 34 heavy (non-hydrogen) atoms. The van der Waals surface area contributed by atoms with Gasteiger partial charge < -0.3 is 20.5 Å². The second-order valence-corrected chi connectivity index (χ2v) is 7.59. The van der Waals surface area contributed by atoms with Crippen LogP contribution in [0.5, 0.6) is 0 Å². The molecule has 4 rings (SSSR count). The predicted molar refractivity (Wildman–Crippen MR) is 131 cm³/mol. The third-order valence-electron chi connectivity index (χ3n) is 5.09. The van der Waals surface area contributed by atoms with E-state index in [1.807, 2.05) is 47.3 Å². The molecule has 9 heteroatoms. The monoisotopic (exact) mass is 459 g/mol. The van der Waals surface area contributed by atoms with Gasteiger partial charge in [-0.1, -0.05) is 24.3 Å². The van der Waals surface area contributed by atoms with E-state index in [1.54, 1.807) is 37.4 Å². The lowest BCUT2D eigenvalue weighted by molar-refractivity contribution is 0.102. The number of carbonyl (C=O) groups is 2. The number of nitrogen functional groups attached to an aromatic ring is 1. The van der Waals surface area contributed by atoms with Gasteiger partial charge in [-0.25, -0.2) is 4.79 Å². The number of anilines is 3. The molecule has 0 aliphatic rings. The van der Waals surface area contributed by atoms with Gasteiger partial charge >= 0.3 is 6.09 Å². The predicted octanol–water partition coefficient (Wildman–Crippen LogP) is 4.11. The van der Waals surface area contributed by atoms with Crippen molar-refractivity contribution in [3.8, 4) is 0 Å². The molecular weight excluding hydrogens is 434 g/mol. The quantitative estimate of drug-likeness (QED) is 0.269. The largest absolute Gasteiger partial charge is 0.447 e. The molecule has 9 nitrogen and oxygen atoms in total. The minimum absolute atomic E-state index is 0.184. The molecule has 0 atom stereocenters. The molecule has 0 aliphatic carbocycles. The Balaban J connectivity index is 1.39. The zero-order valence-electron chi connectivity index (χ0n) is 18.7. The summed E-state index contributed by atoms with van der Waals surface area (Å²) >= 11 is 0. The lowest BCUT2D eigenvalue weighted by Crippen LogP contribution is -2.16. The highest BCUT2D eigenvalue weighted by atomic mass is 16.6. The van der Waals surface area contributed by atoms with Crippen molar-refractivity contribution in [2.45, 2.75) is 6.54 Å². The second-order valence-electron chi connectivity index (χ2n) is 7.59. The van der Waals surface area contributed by atoms with Crippen LogP contribution in [0.15, 0.2) is 72.9 Å². The van der Waals surface area contributed by atoms with Crippen LogP contribution < -0.4 is 16.4 Å². The van der Waals surface area contributed by atoms with Gasteiger partial charge in [0.15, 0.2) is 0 Å². The molecule has 0 bridgehead atoms. The summed E-state index contributed by atoms with van der Waals surface area (Å²) in [7, 11) is 1.54. The van der Waals surface area contributed by atoms with E-state index in [1.165, 1.54) is 0 Å². The Kier molecular flexibility index (Phi) is 7.04. The Hall–Kier alpha value is -4.37. The molecule has 174 valence electrons. The lowest BCUT2D eigenvalue weighted by atomic mass is 10.1. The molecule has 0 saturated heterocycles. The summed E-state index contributed by atoms with van der Waals surface area (Å²) in [6.07, 6.45) is 1.36. The molecule has 4 N–H and O–H groups in total. The Morgan fingerprint density at radius 1 is 1.00 bits per heavy atom. The van der Waals surface area contributed by atoms with Gasteiger partial charge in [0, 0.05) is 29.9 Å². The standard InChI is InChI=1S/C25H25N5O4/c1-33-12-13-34-25(32)27-20-10-11-22-19(14-20)16-30(29-22)15-17-6-8-18(9-7-17)24(31)28-23-5-3-2-4-21(23)26/h2-11,14,16H,12-13,15,26H2,1H3,(H,27,32)(H,28,31). The van der Waals surface area contributed by atoms with Gasteiger partial charge in [-0.3, -0.25) is 14.8 Å². The maximum atomic E-state index is 12.5. The Morgan fingerprint density at radius 3 is 2.56 bits per heavy atom. The van der Waals surface area contributed by atoms with E-state index in [-0.39, 0.29) is 12.5 Å². The highest BCUT2D eigenvalue weighted by Gasteiger charge is 2.09. The Labute approximate surface area is 196 Å². The maximum absolute atomic E-state index is 12.5. The summed E-state index contributed by atoms with van der Waals surface area (Å²) in [6.45, 7) is 1.06. The van der Waals surface area contributed by atoms with Crippen molar-refractivity contribution in [1.29, 1.82) is 0 Å². The second kappa shape index (κ2) is 10.5. The number of para-hydroxylation sites is 2. The summed E-state index contributed by atoms with van der Waals surface area (Å²) in [5, 5.41) is 11.0. The number of carbonyl (C=O) groups excluding carboxylic acids is 2. The minimum atomic E-state index is -0.539. The molecule has 0 spiro atoms. The first-order valence-corrected chi connectivity index (χ1v) is 10.7. The number of benzene rings is 3. The molecule has 1 heterocycles. The van der Waals surface area contributed by atoms with Crippen LogP contribution in [0, 0.1) is 0 Å². The molecule has 3 aromatic carbocycles. The van der Waals surface area contributed by atoms with Crippen LogP contribution in [0.2, 0.25) is 0 Å². The number of nitrogens with one attached hydrogen (secondary N) is 2. The normalized spacial score (nSPS) is 10.7.